The van der Waals surface area contributed by atoms with Gasteiger partial charge in [-0.15, -0.1) is 11.3 Å². The summed E-state index contributed by atoms with van der Waals surface area (Å²) in [7, 11) is 0. The molecule has 1 aliphatic heterocycles. The van der Waals surface area contributed by atoms with Crippen molar-refractivity contribution in [3.63, 3.8) is 0 Å². The molecule has 2 aromatic rings. The Balaban J connectivity index is 1.53. The lowest BCUT2D eigenvalue weighted by atomic mass is 9.85. The van der Waals surface area contributed by atoms with Gasteiger partial charge in [0.25, 0.3) is 5.91 Å². The predicted molar refractivity (Wildman–Crippen MR) is 168 cm³/mol. The number of alkyl halides is 1. The van der Waals surface area contributed by atoms with Crippen molar-refractivity contribution >= 4 is 40.9 Å². The van der Waals surface area contributed by atoms with E-state index in [9.17, 15) is 33.5 Å². The lowest BCUT2D eigenvalue weighted by Crippen LogP contribution is -2.59. The Kier molecular flexibility index (Phi) is 10.8. The van der Waals surface area contributed by atoms with Crippen LogP contribution in [0.2, 0.25) is 0 Å². The zero-order valence-corrected chi connectivity index (χ0v) is 27.3. The number of aliphatic hydroxyl groups excluding tert-OH is 1. The van der Waals surface area contributed by atoms with E-state index in [-0.39, 0.29) is 51.6 Å². The summed E-state index contributed by atoms with van der Waals surface area (Å²) in [5.74, 6) is -3.46. The first-order chi connectivity index (χ1) is 21.6. The van der Waals surface area contributed by atoms with Crippen molar-refractivity contribution in [2.24, 2.45) is 5.41 Å². The van der Waals surface area contributed by atoms with Crippen molar-refractivity contribution in [3.8, 4) is 10.4 Å². The highest BCUT2D eigenvalue weighted by Crippen LogP contribution is 2.40. The van der Waals surface area contributed by atoms with Gasteiger partial charge in [0, 0.05) is 25.9 Å². The van der Waals surface area contributed by atoms with Crippen molar-refractivity contribution in [1.82, 2.24) is 25.8 Å². The van der Waals surface area contributed by atoms with Gasteiger partial charge in [-0.2, -0.15) is 0 Å². The van der Waals surface area contributed by atoms with Crippen LogP contribution in [0.4, 0.5) is 4.39 Å². The third-order valence-corrected chi connectivity index (χ3v) is 9.24. The number of aryl methyl sites for hydroxylation is 1. The summed E-state index contributed by atoms with van der Waals surface area (Å²) in [5.41, 5.74) is 1.33. The highest BCUT2D eigenvalue weighted by molar-refractivity contribution is 7.13. The SMILES string of the molecule is Cc1ncsc1-c1ccc([C@H](CC(=O)NCCCC(=O)O)NC(=O)[C@@H]2C[C@@H](O)CN2C(=O)[C@@H](NC(=O)C2(F)CC2)C(C)(C)C)cc1. The molecule has 250 valence electrons. The molecule has 4 rings (SSSR count). The quantitative estimate of drug-likeness (QED) is 0.204. The lowest BCUT2D eigenvalue weighted by Gasteiger charge is -2.36. The normalized spacial score (nSPS) is 20.0. The number of likely N-dealkylation sites (tertiary alicyclic amines) is 1. The smallest absolute Gasteiger partial charge is 0.303 e. The van der Waals surface area contributed by atoms with Gasteiger partial charge in [0.1, 0.15) is 12.1 Å². The Bertz CT molecular complexity index is 1450. The van der Waals surface area contributed by atoms with E-state index >= 15 is 0 Å². The summed E-state index contributed by atoms with van der Waals surface area (Å²) in [4.78, 5) is 70.4. The van der Waals surface area contributed by atoms with Crippen molar-refractivity contribution in [1.29, 1.82) is 0 Å². The Morgan fingerprint density at radius 1 is 1.13 bits per heavy atom. The van der Waals surface area contributed by atoms with E-state index in [1.807, 2.05) is 19.1 Å². The molecular weight excluding hydrogens is 617 g/mol. The fourth-order valence-corrected chi connectivity index (χ4v) is 6.22. The van der Waals surface area contributed by atoms with Gasteiger partial charge >= 0.3 is 5.97 Å². The molecule has 46 heavy (non-hydrogen) atoms. The highest BCUT2D eigenvalue weighted by atomic mass is 32.1. The number of hydrogen-bond donors (Lipinski definition) is 5. The molecule has 12 nitrogen and oxygen atoms in total. The van der Waals surface area contributed by atoms with Crippen LogP contribution in [0.25, 0.3) is 10.4 Å². The van der Waals surface area contributed by atoms with Crippen molar-refractivity contribution in [2.75, 3.05) is 13.1 Å². The second kappa shape index (κ2) is 14.2. The zero-order valence-electron chi connectivity index (χ0n) is 26.5. The van der Waals surface area contributed by atoms with Crippen molar-refractivity contribution < 1.29 is 38.6 Å². The van der Waals surface area contributed by atoms with Crippen LogP contribution in [0.5, 0.6) is 0 Å². The molecular formula is C32H42FN5O7S. The number of carbonyl (C=O) groups excluding carboxylic acids is 4. The molecule has 0 bridgehead atoms. The molecule has 2 heterocycles. The number of rotatable bonds is 13. The summed E-state index contributed by atoms with van der Waals surface area (Å²) in [5, 5.41) is 27.5. The largest absolute Gasteiger partial charge is 0.481 e. The van der Waals surface area contributed by atoms with E-state index in [4.69, 9.17) is 5.11 Å². The highest BCUT2D eigenvalue weighted by Gasteiger charge is 2.53. The standard InChI is InChI=1S/C32H42FN5O7S/c1-18-26(46-17-35-18)20-9-7-19(8-10-20)22(15-24(40)34-13-5-6-25(41)42)36-28(43)23-14-21(39)16-38(23)29(44)27(31(2,3)4)37-30(45)32(33)11-12-32/h7-10,17,21-23,27,39H,5-6,11-16H2,1-4H3,(H,34,40)(H,36,43)(H,37,45)(H,41,42)/t21-,22+,23+,27-/m1/s1. The number of benzene rings is 1. The lowest BCUT2D eigenvalue weighted by molar-refractivity contribution is -0.145. The Labute approximate surface area is 271 Å². The fraction of sp³-hybridized carbons (Fsp3) is 0.562. The predicted octanol–water partition coefficient (Wildman–Crippen LogP) is 2.64. The van der Waals surface area contributed by atoms with Crippen LogP contribution in [0, 0.1) is 12.3 Å². The number of aliphatic hydroxyl groups is 1. The van der Waals surface area contributed by atoms with Crippen molar-refractivity contribution in [3.05, 3.63) is 41.0 Å². The van der Waals surface area contributed by atoms with Crippen LogP contribution in [-0.4, -0.2) is 86.6 Å². The van der Waals surface area contributed by atoms with E-state index < -0.39 is 64.9 Å². The van der Waals surface area contributed by atoms with Gasteiger partial charge in [-0.25, -0.2) is 9.37 Å². The van der Waals surface area contributed by atoms with Gasteiger partial charge in [0.15, 0.2) is 5.67 Å². The molecule has 1 aromatic carbocycles. The summed E-state index contributed by atoms with van der Waals surface area (Å²) in [6.45, 7) is 7.05. The second-order valence-electron chi connectivity index (χ2n) is 13.1. The number of carbonyl (C=O) groups is 5. The van der Waals surface area contributed by atoms with Crippen LogP contribution in [0.3, 0.4) is 0 Å². The topological polar surface area (TPSA) is 178 Å². The molecule has 2 aliphatic rings. The molecule has 0 unspecified atom stereocenters. The fourth-order valence-electron chi connectivity index (χ4n) is 5.41. The van der Waals surface area contributed by atoms with Gasteiger partial charge in [-0.05, 0) is 42.7 Å². The monoisotopic (exact) mass is 659 g/mol. The molecule has 4 amide bonds. The van der Waals surface area contributed by atoms with Gasteiger partial charge in [0.05, 0.1) is 34.6 Å². The third kappa shape index (κ3) is 8.66. The Morgan fingerprint density at radius 2 is 1.80 bits per heavy atom. The van der Waals surface area contributed by atoms with Crippen LogP contribution in [0.15, 0.2) is 29.8 Å². The first-order valence-corrected chi connectivity index (χ1v) is 16.2. The molecule has 1 saturated heterocycles. The minimum atomic E-state index is -2.00. The number of hydrogen-bond acceptors (Lipinski definition) is 8. The molecule has 1 aromatic heterocycles. The van der Waals surface area contributed by atoms with Crippen molar-refractivity contribution in [2.45, 2.75) is 96.1 Å². The number of aromatic nitrogens is 1. The molecule has 0 spiro atoms. The molecule has 0 radical (unpaired) electrons. The van der Waals surface area contributed by atoms with Crippen LogP contribution in [0.1, 0.15) is 76.6 Å². The number of carboxylic acids is 1. The molecule has 4 atom stereocenters. The van der Waals surface area contributed by atoms with E-state index in [0.29, 0.717) is 5.56 Å². The average Bonchev–Trinajstić information content (AvgIpc) is 3.39. The van der Waals surface area contributed by atoms with Gasteiger partial charge in [0.2, 0.25) is 17.7 Å². The third-order valence-electron chi connectivity index (χ3n) is 8.27. The summed E-state index contributed by atoms with van der Waals surface area (Å²) in [6.07, 6.45) is -0.937. The first kappa shape index (κ1) is 35.0. The number of β-amino-alcohol motifs (C(OH)–C–C–N with tert-alkyl or cyclic N) is 1. The van der Waals surface area contributed by atoms with Crippen LogP contribution < -0.4 is 16.0 Å². The van der Waals surface area contributed by atoms with Gasteiger partial charge in [-0.1, -0.05) is 45.0 Å². The van der Waals surface area contributed by atoms with Crippen LogP contribution in [-0.2, 0) is 24.0 Å². The first-order valence-electron chi connectivity index (χ1n) is 15.4. The summed E-state index contributed by atoms with van der Waals surface area (Å²) in [6, 6.07) is 4.23. The molecule has 14 heteroatoms. The van der Waals surface area contributed by atoms with E-state index in [1.165, 1.54) is 16.2 Å². The van der Waals surface area contributed by atoms with E-state index in [2.05, 4.69) is 20.9 Å². The maximum Gasteiger partial charge on any atom is 0.303 e. The maximum atomic E-state index is 14.5. The molecule has 2 fully saturated rings. The number of halogens is 1. The van der Waals surface area contributed by atoms with Gasteiger partial charge in [-0.3, -0.25) is 24.0 Å². The minimum absolute atomic E-state index is 0.0624. The maximum absolute atomic E-state index is 14.5. The second-order valence-corrected chi connectivity index (χ2v) is 14.0. The number of aliphatic carboxylic acids is 1. The van der Waals surface area contributed by atoms with E-state index in [0.717, 1.165) is 16.1 Å². The minimum Gasteiger partial charge on any atom is -0.481 e. The Hall–Kier alpha value is -3.91. The number of thiazole rings is 1. The number of carboxylic acid groups (broad SMARTS) is 1. The summed E-state index contributed by atoms with van der Waals surface area (Å²) >= 11 is 1.49. The molecule has 5 N–H and O–H groups in total. The number of nitrogens with one attached hydrogen (secondary N) is 3. The van der Waals surface area contributed by atoms with Crippen LogP contribution >= 0.6 is 11.3 Å². The zero-order chi connectivity index (χ0) is 33.8. The van der Waals surface area contributed by atoms with Gasteiger partial charge < -0.3 is 31.1 Å². The number of nitrogens with zero attached hydrogens (tertiary/aromatic N) is 2. The number of amides is 4. The van der Waals surface area contributed by atoms with E-state index in [1.54, 1.807) is 38.4 Å². The molecule has 1 saturated carbocycles. The molecule has 1 aliphatic carbocycles. The summed E-state index contributed by atoms with van der Waals surface area (Å²) < 4.78 is 14.5. The average molecular weight is 660 g/mol. The Morgan fingerprint density at radius 3 is 2.37 bits per heavy atom.